The van der Waals surface area contributed by atoms with Crippen LogP contribution < -0.4 is 4.74 Å². The van der Waals surface area contributed by atoms with Gasteiger partial charge in [0.25, 0.3) is 0 Å². The Labute approximate surface area is 120 Å². The zero-order chi connectivity index (χ0) is 14.5. The number of hydrogen-bond acceptors (Lipinski definition) is 3. The number of ether oxygens (including phenoxy) is 1. The van der Waals surface area contributed by atoms with Crippen molar-refractivity contribution in [2.45, 2.75) is 26.4 Å². The fraction of sp³-hybridized carbons (Fsp3) is 0.267. The molecule has 0 saturated heterocycles. The molecule has 2 aromatic rings. The molecule has 0 aliphatic heterocycles. The van der Waals surface area contributed by atoms with Crippen LogP contribution in [0.25, 0.3) is 0 Å². The Kier molecular flexibility index (Phi) is 4.84. The van der Waals surface area contributed by atoms with Gasteiger partial charge in [0.2, 0.25) is 0 Å². The topological polar surface area (TPSA) is 26.3 Å². The maximum atomic E-state index is 12.3. The van der Waals surface area contributed by atoms with Crippen LogP contribution in [0.2, 0.25) is 0 Å². The van der Waals surface area contributed by atoms with E-state index in [4.69, 9.17) is 0 Å². The van der Waals surface area contributed by atoms with Crippen LogP contribution in [0, 0.1) is 0 Å². The average molecular weight is 296 g/mol. The van der Waals surface area contributed by atoms with Crippen molar-refractivity contribution in [3.05, 3.63) is 51.7 Å². The lowest BCUT2D eigenvalue weighted by Crippen LogP contribution is -2.09. The molecule has 0 aliphatic rings. The molecule has 0 spiro atoms. The molecule has 20 heavy (non-hydrogen) atoms. The molecule has 0 saturated carbocycles. The maximum Gasteiger partial charge on any atom is 0.387 e. The number of aryl methyl sites for hydroxylation is 1. The lowest BCUT2D eigenvalue weighted by molar-refractivity contribution is -0.0501. The molecule has 2 nitrogen and oxygen atoms in total. The molecule has 0 aliphatic carbocycles. The zero-order valence-corrected chi connectivity index (χ0v) is 11.8. The molecular formula is C15H14F2O2S. The summed E-state index contributed by atoms with van der Waals surface area (Å²) in [7, 11) is 0. The van der Waals surface area contributed by atoms with Crippen molar-refractivity contribution >= 4 is 17.1 Å². The number of carbonyl (C=O) groups is 1. The Balaban J connectivity index is 2.16. The molecule has 0 N–H and O–H groups in total. The largest absolute Gasteiger partial charge is 0.434 e. The number of Topliss-reactive ketones (excluding diaryl/α,β-unsaturated/α-hetero) is 1. The van der Waals surface area contributed by atoms with Crippen LogP contribution in [0.4, 0.5) is 8.78 Å². The van der Waals surface area contributed by atoms with Gasteiger partial charge in [0.15, 0.2) is 5.78 Å². The van der Waals surface area contributed by atoms with E-state index in [1.165, 1.54) is 17.0 Å². The van der Waals surface area contributed by atoms with Gasteiger partial charge in [-0.25, -0.2) is 0 Å². The number of halogens is 2. The van der Waals surface area contributed by atoms with E-state index in [0.717, 1.165) is 11.3 Å². The first-order chi connectivity index (χ1) is 9.60. The highest BCUT2D eigenvalue weighted by atomic mass is 32.1. The highest BCUT2D eigenvalue weighted by molar-refractivity contribution is 7.12. The molecule has 2 rings (SSSR count). The Bertz CT molecular complexity index is 593. The second-order valence-electron chi connectivity index (χ2n) is 4.20. The third-order valence-electron chi connectivity index (χ3n) is 2.80. The molecule has 1 aromatic carbocycles. The number of hydrogen-bond donors (Lipinski definition) is 0. The fourth-order valence-electron chi connectivity index (χ4n) is 1.86. The molecule has 0 unspecified atom stereocenters. The lowest BCUT2D eigenvalue weighted by Gasteiger charge is -2.09. The Morgan fingerprint density at radius 2 is 1.90 bits per heavy atom. The van der Waals surface area contributed by atoms with Crippen molar-refractivity contribution in [1.29, 1.82) is 0 Å². The number of alkyl halides is 2. The smallest absolute Gasteiger partial charge is 0.387 e. The van der Waals surface area contributed by atoms with Gasteiger partial charge in [0.05, 0.1) is 5.56 Å². The van der Waals surface area contributed by atoms with Crippen molar-refractivity contribution in [3.63, 3.8) is 0 Å². The number of thiophene rings is 1. The summed E-state index contributed by atoms with van der Waals surface area (Å²) in [5.41, 5.74) is 0.194. The molecule has 0 fully saturated rings. The number of benzene rings is 1. The number of ketones is 1. The normalized spacial score (nSPS) is 10.8. The third kappa shape index (κ3) is 3.63. The highest BCUT2D eigenvalue weighted by Crippen LogP contribution is 2.24. The standard InChI is InChI=1S/C15H14F2O2S/c1-2-10-7-8-11(20-10)9-13(18)12-5-3-4-6-14(12)19-15(16)17/h3-8,15H,2,9H2,1H3. The molecule has 106 valence electrons. The molecule has 0 amide bonds. The fourth-order valence-corrected chi connectivity index (χ4v) is 2.81. The SMILES string of the molecule is CCc1ccc(CC(=O)c2ccccc2OC(F)F)s1. The second kappa shape index (κ2) is 6.61. The average Bonchev–Trinajstić information content (AvgIpc) is 2.86. The molecular weight excluding hydrogens is 282 g/mol. The van der Waals surface area contributed by atoms with Crippen LogP contribution in [0.1, 0.15) is 27.0 Å². The van der Waals surface area contributed by atoms with Gasteiger partial charge in [0, 0.05) is 16.2 Å². The minimum Gasteiger partial charge on any atom is -0.434 e. The summed E-state index contributed by atoms with van der Waals surface area (Å²) in [5, 5.41) is 0. The monoisotopic (exact) mass is 296 g/mol. The minimum atomic E-state index is -2.93. The van der Waals surface area contributed by atoms with E-state index in [1.54, 1.807) is 23.5 Å². The molecule has 1 aromatic heterocycles. The predicted molar refractivity (Wildman–Crippen MR) is 74.8 cm³/mol. The van der Waals surface area contributed by atoms with Gasteiger partial charge in [-0.1, -0.05) is 19.1 Å². The van der Waals surface area contributed by atoms with Gasteiger partial charge >= 0.3 is 6.61 Å². The van der Waals surface area contributed by atoms with Crippen molar-refractivity contribution in [2.24, 2.45) is 0 Å². The summed E-state index contributed by atoms with van der Waals surface area (Å²) >= 11 is 1.57. The Morgan fingerprint density at radius 1 is 1.20 bits per heavy atom. The number of para-hydroxylation sites is 1. The van der Waals surface area contributed by atoms with Crippen LogP contribution in [0.3, 0.4) is 0 Å². The molecule has 1 heterocycles. The van der Waals surface area contributed by atoms with E-state index in [1.807, 2.05) is 19.1 Å². The zero-order valence-electron chi connectivity index (χ0n) is 10.9. The maximum absolute atomic E-state index is 12.3. The lowest BCUT2D eigenvalue weighted by atomic mass is 10.1. The first kappa shape index (κ1) is 14.7. The van der Waals surface area contributed by atoms with Crippen molar-refractivity contribution in [2.75, 3.05) is 0 Å². The summed E-state index contributed by atoms with van der Waals surface area (Å²) in [6, 6.07) is 9.97. The third-order valence-corrected chi connectivity index (χ3v) is 4.03. The quantitative estimate of drug-likeness (QED) is 0.741. The van der Waals surface area contributed by atoms with Crippen molar-refractivity contribution < 1.29 is 18.3 Å². The first-order valence-corrected chi connectivity index (χ1v) is 7.06. The summed E-state index contributed by atoms with van der Waals surface area (Å²) in [5.74, 6) is -0.287. The Hall–Kier alpha value is -1.75. The number of rotatable bonds is 6. The summed E-state index contributed by atoms with van der Waals surface area (Å²) < 4.78 is 29.0. The van der Waals surface area contributed by atoms with E-state index in [2.05, 4.69) is 4.74 Å². The molecule has 0 bridgehead atoms. The van der Waals surface area contributed by atoms with Crippen LogP contribution in [-0.2, 0) is 12.8 Å². The van der Waals surface area contributed by atoms with Crippen LogP contribution in [0.15, 0.2) is 36.4 Å². The van der Waals surface area contributed by atoms with Crippen LogP contribution in [-0.4, -0.2) is 12.4 Å². The van der Waals surface area contributed by atoms with Gasteiger partial charge in [-0.2, -0.15) is 8.78 Å². The summed E-state index contributed by atoms with van der Waals surface area (Å²) in [4.78, 5) is 14.3. The highest BCUT2D eigenvalue weighted by Gasteiger charge is 2.16. The van der Waals surface area contributed by atoms with E-state index in [-0.39, 0.29) is 23.5 Å². The van der Waals surface area contributed by atoms with Gasteiger partial charge in [-0.3, -0.25) is 4.79 Å². The predicted octanol–water partition coefficient (Wildman–Crippen LogP) is 4.34. The molecule has 0 atom stereocenters. The molecule has 5 heteroatoms. The second-order valence-corrected chi connectivity index (χ2v) is 5.45. The van der Waals surface area contributed by atoms with E-state index < -0.39 is 6.61 Å². The number of carbonyl (C=O) groups excluding carboxylic acids is 1. The first-order valence-electron chi connectivity index (χ1n) is 6.24. The summed E-state index contributed by atoms with van der Waals surface area (Å²) in [6.07, 6.45) is 1.12. The van der Waals surface area contributed by atoms with E-state index in [9.17, 15) is 13.6 Å². The van der Waals surface area contributed by atoms with E-state index in [0.29, 0.717) is 0 Å². The van der Waals surface area contributed by atoms with Gasteiger partial charge in [-0.05, 0) is 30.7 Å². The Morgan fingerprint density at radius 3 is 2.55 bits per heavy atom. The van der Waals surface area contributed by atoms with Crippen molar-refractivity contribution in [1.82, 2.24) is 0 Å². The van der Waals surface area contributed by atoms with E-state index >= 15 is 0 Å². The van der Waals surface area contributed by atoms with Gasteiger partial charge < -0.3 is 4.74 Å². The van der Waals surface area contributed by atoms with Gasteiger partial charge in [0.1, 0.15) is 5.75 Å². The minimum absolute atomic E-state index is 0.0697. The summed E-state index contributed by atoms with van der Waals surface area (Å²) in [6.45, 7) is -0.888. The van der Waals surface area contributed by atoms with Crippen LogP contribution >= 0.6 is 11.3 Å². The van der Waals surface area contributed by atoms with Crippen LogP contribution in [0.5, 0.6) is 5.75 Å². The van der Waals surface area contributed by atoms with Gasteiger partial charge in [-0.15, -0.1) is 11.3 Å². The molecule has 0 radical (unpaired) electrons. The van der Waals surface area contributed by atoms with Crippen molar-refractivity contribution in [3.8, 4) is 5.75 Å².